The van der Waals surface area contributed by atoms with Gasteiger partial charge in [0.05, 0.1) is 24.5 Å². The molecule has 2 N–H and O–H groups in total. The van der Waals surface area contributed by atoms with Gasteiger partial charge in [-0.2, -0.15) is 5.10 Å². The monoisotopic (exact) mass is 360 g/mol. The van der Waals surface area contributed by atoms with E-state index >= 15 is 0 Å². The molecule has 6 nitrogen and oxygen atoms in total. The van der Waals surface area contributed by atoms with Crippen LogP contribution in [0.2, 0.25) is 0 Å². The Hall–Kier alpha value is -2.25. The molecule has 3 rings (SSSR count). The number of amides is 1. The number of hydrogen-bond acceptors (Lipinski definition) is 4. The van der Waals surface area contributed by atoms with Crippen LogP contribution in [0.4, 0.5) is 4.39 Å². The Labute approximate surface area is 152 Å². The third-order valence-electron chi connectivity index (χ3n) is 4.44. The predicted octanol–water partition coefficient (Wildman–Crippen LogP) is 1.88. The third kappa shape index (κ3) is 4.47. The third-order valence-corrected chi connectivity index (χ3v) is 4.44. The van der Waals surface area contributed by atoms with Crippen molar-refractivity contribution in [2.24, 2.45) is 5.92 Å². The molecule has 1 unspecified atom stereocenters. The van der Waals surface area contributed by atoms with Crippen LogP contribution in [0.25, 0.3) is 11.3 Å². The number of carbonyl (C=O) groups is 1. The number of nitrogens with zero attached hydrogens (tertiary/aromatic N) is 3. The van der Waals surface area contributed by atoms with Crippen molar-refractivity contribution >= 4 is 5.91 Å². The number of halogens is 1. The van der Waals surface area contributed by atoms with Gasteiger partial charge in [-0.25, -0.2) is 4.39 Å². The molecule has 1 amide bonds. The topological polar surface area (TPSA) is 72.5 Å². The summed E-state index contributed by atoms with van der Waals surface area (Å²) in [6.45, 7) is 6.30. The van der Waals surface area contributed by atoms with Crippen molar-refractivity contribution in [1.82, 2.24) is 20.0 Å². The first-order chi connectivity index (χ1) is 12.4. The summed E-state index contributed by atoms with van der Waals surface area (Å²) in [4.78, 5) is 16.2. The van der Waals surface area contributed by atoms with Crippen molar-refractivity contribution in [3.63, 3.8) is 0 Å². The van der Waals surface area contributed by atoms with Crippen LogP contribution >= 0.6 is 0 Å². The second-order valence-corrected chi connectivity index (χ2v) is 7.29. The molecule has 0 saturated carbocycles. The van der Waals surface area contributed by atoms with Crippen LogP contribution in [-0.4, -0.2) is 63.3 Å². The van der Waals surface area contributed by atoms with Gasteiger partial charge in [-0.3, -0.25) is 14.8 Å². The van der Waals surface area contributed by atoms with E-state index in [1.54, 1.807) is 23.2 Å². The highest BCUT2D eigenvalue weighted by molar-refractivity contribution is 5.78. The highest BCUT2D eigenvalue weighted by Crippen LogP contribution is 2.23. The quantitative estimate of drug-likeness (QED) is 0.854. The van der Waals surface area contributed by atoms with Crippen LogP contribution < -0.4 is 0 Å². The van der Waals surface area contributed by atoms with E-state index in [0.29, 0.717) is 32.1 Å². The number of nitrogens with one attached hydrogen (secondary N) is 1. The van der Waals surface area contributed by atoms with E-state index in [2.05, 4.69) is 24.0 Å². The fourth-order valence-electron chi connectivity index (χ4n) is 3.34. The number of rotatable bonds is 5. The molecule has 1 aliphatic heterocycles. The highest BCUT2D eigenvalue weighted by Gasteiger charge is 2.27. The van der Waals surface area contributed by atoms with Crippen LogP contribution in [0.15, 0.2) is 30.5 Å². The van der Waals surface area contributed by atoms with E-state index in [1.807, 2.05) is 4.90 Å². The average Bonchev–Trinajstić information content (AvgIpc) is 2.97. The summed E-state index contributed by atoms with van der Waals surface area (Å²) >= 11 is 0. The van der Waals surface area contributed by atoms with Gasteiger partial charge in [-0.05, 0) is 30.2 Å². The molecule has 0 radical (unpaired) electrons. The van der Waals surface area contributed by atoms with Gasteiger partial charge in [-0.15, -0.1) is 0 Å². The Kier molecular flexibility index (Phi) is 5.68. The lowest BCUT2D eigenvalue weighted by Crippen LogP contribution is -2.39. The predicted molar refractivity (Wildman–Crippen MR) is 96.7 cm³/mol. The fourth-order valence-corrected chi connectivity index (χ4v) is 3.34. The van der Waals surface area contributed by atoms with E-state index in [1.165, 1.54) is 12.1 Å². The van der Waals surface area contributed by atoms with Crippen molar-refractivity contribution in [3.05, 3.63) is 41.8 Å². The van der Waals surface area contributed by atoms with Gasteiger partial charge in [0.1, 0.15) is 5.82 Å². The number of hydrogen-bond donors (Lipinski definition) is 2. The molecule has 7 heteroatoms. The van der Waals surface area contributed by atoms with Gasteiger partial charge in [0.2, 0.25) is 5.91 Å². The molecule has 0 spiro atoms. The number of carbonyl (C=O) groups excluding carboxylic acids is 1. The minimum Gasteiger partial charge on any atom is -0.390 e. The number of aromatic amines is 1. The van der Waals surface area contributed by atoms with E-state index in [-0.39, 0.29) is 18.3 Å². The number of H-pyrrole nitrogens is 1. The first kappa shape index (κ1) is 18.5. The van der Waals surface area contributed by atoms with Crippen molar-refractivity contribution in [2.75, 3.05) is 26.2 Å². The molecule has 1 aromatic carbocycles. The van der Waals surface area contributed by atoms with E-state index in [9.17, 15) is 14.3 Å². The van der Waals surface area contributed by atoms with Gasteiger partial charge in [0, 0.05) is 37.3 Å². The molecular formula is C19H25FN4O2. The van der Waals surface area contributed by atoms with Gasteiger partial charge in [-0.1, -0.05) is 13.8 Å². The van der Waals surface area contributed by atoms with Gasteiger partial charge >= 0.3 is 0 Å². The smallest absolute Gasteiger partial charge is 0.236 e. The fraction of sp³-hybridized carbons (Fsp3) is 0.474. The molecular weight excluding hydrogens is 335 g/mol. The second kappa shape index (κ2) is 7.97. The van der Waals surface area contributed by atoms with E-state index < -0.39 is 6.10 Å². The lowest BCUT2D eigenvalue weighted by molar-refractivity contribution is -0.132. The summed E-state index contributed by atoms with van der Waals surface area (Å²) in [7, 11) is 0. The molecule has 1 aliphatic rings. The Morgan fingerprint density at radius 3 is 2.73 bits per heavy atom. The Morgan fingerprint density at radius 2 is 2.04 bits per heavy atom. The SMILES string of the molecule is CC(C)CN1CC(O)CN(Cc2cn[nH]c2-c2ccc(F)cc2)CC1=O. The average molecular weight is 360 g/mol. The van der Waals surface area contributed by atoms with Crippen molar-refractivity contribution < 1.29 is 14.3 Å². The summed E-state index contributed by atoms with van der Waals surface area (Å²) < 4.78 is 13.2. The first-order valence-electron chi connectivity index (χ1n) is 8.88. The lowest BCUT2D eigenvalue weighted by atomic mass is 10.1. The van der Waals surface area contributed by atoms with Crippen molar-refractivity contribution in [1.29, 1.82) is 0 Å². The molecule has 2 heterocycles. The normalized spacial score (nSPS) is 19.2. The van der Waals surface area contributed by atoms with Crippen molar-refractivity contribution in [3.8, 4) is 11.3 Å². The Balaban J connectivity index is 1.74. The summed E-state index contributed by atoms with van der Waals surface area (Å²) in [5, 5.41) is 17.4. The molecule has 0 aliphatic carbocycles. The second-order valence-electron chi connectivity index (χ2n) is 7.29. The molecule has 1 atom stereocenters. The number of aromatic nitrogens is 2. The molecule has 1 fully saturated rings. The molecule has 2 aromatic rings. The first-order valence-corrected chi connectivity index (χ1v) is 8.88. The van der Waals surface area contributed by atoms with Crippen LogP contribution in [-0.2, 0) is 11.3 Å². The van der Waals surface area contributed by atoms with Gasteiger partial charge < -0.3 is 10.0 Å². The maximum absolute atomic E-state index is 13.2. The summed E-state index contributed by atoms with van der Waals surface area (Å²) in [6.07, 6.45) is 1.13. The molecule has 1 saturated heterocycles. The van der Waals surface area contributed by atoms with Crippen LogP contribution in [0.3, 0.4) is 0 Å². The standard InChI is InChI=1S/C19H25FN4O2/c1-13(2)8-24-11-17(25)10-23(12-18(24)26)9-15-7-21-22-19(15)14-3-5-16(20)6-4-14/h3-7,13,17,25H,8-12H2,1-2H3,(H,21,22). The maximum Gasteiger partial charge on any atom is 0.236 e. The maximum atomic E-state index is 13.2. The molecule has 0 bridgehead atoms. The minimum absolute atomic E-state index is 0.0297. The lowest BCUT2D eigenvalue weighted by Gasteiger charge is -2.23. The number of β-amino-alcohol motifs (C(OH)–C–C–N with tert-alkyl or cyclic N) is 1. The van der Waals surface area contributed by atoms with E-state index in [0.717, 1.165) is 16.8 Å². The van der Waals surface area contributed by atoms with E-state index in [4.69, 9.17) is 0 Å². The zero-order chi connectivity index (χ0) is 18.7. The number of aliphatic hydroxyl groups excluding tert-OH is 1. The largest absolute Gasteiger partial charge is 0.390 e. The van der Waals surface area contributed by atoms with Crippen LogP contribution in [0, 0.1) is 11.7 Å². The Morgan fingerprint density at radius 1 is 1.31 bits per heavy atom. The van der Waals surface area contributed by atoms with Gasteiger partial charge in [0.25, 0.3) is 0 Å². The minimum atomic E-state index is -0.582. The zero-order valence-corrected chi connectivity index (χ0v) is 15.2. The van der Waals surface area contributed by atoms with Crippen LogP contribution in [0.5, 0.6) is 0 Å². The molecule has 140 valence electrons. The number of aliphatic hydroxyl groups is 1. The van der Waals surface area contributed by atoms with Crippen molar-refractivity contribution in [2.45, 2.75) is 26.5 Å². The highest BCUT2D eigenvalue weighted by atomic mass is 19.1. The zero-order valence-electron chi connectivity index (χ0n) is 15.2. The summed E-state index contributed by atoms with van der Waals surface area (Å²) in [5.74, 6) is 0.0972. The summed E-state index contributed by atoms with van der Waals surface area (Å²) in [6, 6.07) is 6.20. The molecule has 1 aromatic heterocycles. The summed E-state index contributed by atoms with van der Waals surface area (Å²) in [5.41, 5.74) is 2.55. The molecule has 26 heavy (non-hydrogen) atoms. The number of benzene rings is 1. The Bertz CT molecular complexity index is 744. The van der Waals surface area contributed by atoms with Gasteiger partial charge in [0.15, 0.2) is 0 Å². The van der Waals surface area contributed by atoms with Crippen LogP contribution in [0.1, 0.15) is 19.4 Å².